The highest BCUT2D eigenvalue weighted by Crippen LogP contribution is 1.97. The van der Waals surface area contributed by atoms with Crippen molar-refractivity contribution in [3.05, 3.63) is 29.6 Å². The van der Waals surface area contributed by atoms with Crippen LogP contribution in [-0.2, 0) is 6.54 Å². The van der Waals surface area contributed by atoms with Crippen LogP contribution in [0.2, 0.25) is 0 Å². The Morgan fingerprint density at radius 3 is 2.92 bits per heavy atom. The summed E-state index contributed by atoms with van der Waals surface area (Å²) in [5, 5.41) is 3.28. The molecule has 1 aromatic rings. The van der Waals surface area contributed by atoms with Crippen molar-refractivity contribution in [3.8, 4) is 0 Å². The van der Waals surface area contributed by atoms with Crippen LogP contribution in [0, 0.1) is 6.92 Å². The molecule has 0 saturated heterocycles. The topological polar surface area (TPSA) is 50.9 Å². The van der Waals surface area contributed by atoms with Crippen LogP contribution in [0.5, 0.6) is 0 Å². The Labute approximate surface area is 79.4 Å². The Balaban J connectivity index is 2.25. The first-order valence-electron chi connectivity index (χ1n) is 4.65. The van der Waals surface area contributed by atoms with Gasteiger partial charge in [-0.25, -0.2) is 0 Å². The van der Waals surface area contributed by atoms with Gasteiger partial charge in [0.15, 0.2) is 0 Å². The lowest BCUT2D eigenvalue weighted by molar-refractivity contribution is 0.646. The van der Waals surface area contributed by atoms with Crippen molar-refractivity contribution in [1.29, 1.82) is 0 Å². The molecule has 0 fully saturated rings. The van der Waals surface area contributed by atoms with E-state index in [4.69, 9.17) is 5.73 Å². The SMILES string of the molecule is Cc1ccc(CNCCCN)nc1. The van der Waals surface area contributed by atoms with Crippen molar-refractivity contribution in [2.24, 2.45) is 5.73 Å². The number of hydrogen-bond acceptors (Lipinski definition) is 3. The molecule has 0 aliphatic rings. The van der Waals surface area contributed by atoms with E-state index in [0.717, 1.165) is 31.7 Å². The molecule has 1 rings (SSSR count). The molecule has 0 saturated carbocycles. The van der Waals surface area contributed by atoms with Gasteiger partial charge in [0.25, 0.3) is 0 Å². The van der Waals surface area contributed by atoms with Crippen molar-refractivity contribution >= 4 is 0 Å². The fourth-order valence-corrected chi connectivity index (χ4v) is 1.05. The van der Waals surface area contributed by atoms with Crippen LogP contribution in [0.4, 0.5) is 0 Å². The number of nitrogens with zero attached hydrogens (tertiary/aromatic N) is 1. The number of aromatic nitrogens is 1. The van der Waals surface area contributed by atoms with Crippen molar-refractivity contribution in [2.45, 2.75) is 19.9 Å². The number of hydrogen-bond donors (Lipinski definition) is 2. The van der Waals surface area contributed by atoms with Crippen molar-refractivity contribution in [1.82, 2.24) is 10.3 Å². The third-order valence-electron chi connectivity index (χ3n) is 1.84. The molecular formula is C10H17N3. The first kappa shape index (κ1) is 10.2. The lowest BCUT2D eigenvalue weighted by Crippen LogP contribution is -2.18. The van der Waals surface area contributed by atoms with E-state index in [1.807, 2.05) is 19.2 Å². The van der Waals surface area contributed by atoms with Gasteiger partial charge in [0, 0.05) is 12.7 Å². The second-order valence-corrected chi connectivity index (χ2v) is 3.15. The average molecular weight is 179 g/mol. The van der Waals surface area contributed by atoms with Crippen LogP contribution < -0.4 is 11.1 Å². The van der Waals surface area contributed by atoms with Crippen LogP contribution >= 0.6 is 0 Å². The van der Waals surface area contributed by atoms with E-state index in [1.54, 1.807) is 0 Å². The molecule has 3 N–H and O–H groups in total. The second kappa shape index (κ2) is 5.67. The molecule has 0 bridgehead atoms. The van der Waals surface area contributed by atoms with Gasteiger partial charge in [0.1, 0.15) is 0 Å². The molecule has 0 aliphatic heterocycles. The molecule has 0 atom stereocenters. The molecule has 13 heavy (non-hydrogen) atoms. The smallest absolute Gasteiger partial charge is 0.0541 e. The zero-order valence-electron chi connectivity index (χ0n) is 8.09. The molecule has 0 unspecified atom stereocenters. The molecule has 0 aromatic carbocycles. The van der Waals surface area contributed by atoms with E-state index in [0.29, 0.717) is 0 Å². The summed E-state index contributed by atoms with van der Waals surface area (Å²) in [6, 6.07) is 4.12. The molecule has 3 nitrogen and oxygen atoms in total. The van der Waals surface area contributed by atoms with Crippen molar-refractivity contribution in [3.63, 3.8) is 0 Å². The summed E-state index contributed by atoms with van der Waals surface area (Å²) in [7, 11) is 0. The highest BCUT2D eigenvalue weighted by Gasteiger charge is 1.92. The molecule has 72 valence electrons. The summed E-state index contributed by atoms with van der Waals surface area (Å²) in [6.45, 7) is 4.58. The molecular weight excluding hydrogens is 162 g/mol. The molecule has 0 aliphatic carbocycles. The number of rotatable bonds is 5. The van der Waals surface area contributed by atoms with Gasteiger partial charge in [-0.15, -0.1) is 0 Å². The lowest BCUT2D eigenvalue weighted by atomic mass is 10.3. The normalized spacial score (nSPS) is 10.3. The number of nitrogens with one attached hydrogen (secondary N) is 1. The van der Waals surface area contributed by atoms with Gasteiger partial charge in [-0.2, -0.15) is 0 Å². The largest absolute Gasteiger partial charge is 0.330 e. The fraction of sp³-hybridized carbons (Fsp3) is 0.500. The van der Waals surface area contributed by atoms with Crippen LogP contribution in [-0.4, -0.2) is 18.1 Å². The molecule has 0 spiro atoms. The number of pyridine rings is 1. The Morgan fingerprint density at radius 1 is 1.46 bits per heavy atom. The lowest BCUT2D eigenvalue weighted by Gasteiger charge is -2.02. The minimum absolute atomic E-state index is 0.744. The van der Waals surface area contributed by atoms with E-state index in [-0.39, 0.29) is 0 Å². The van der Waals surface area contributed by atoms with E-state index in [2.05, 4.69) is 16.4 Å². The standard InChI is InChI=1S/C10H17N3/c1-9-3-4-10(13-7-9)8-12-6-2-5-11/h3-4,7,12H,2,5-6,8,11H2,1H3. The van der Waals surface area contributed by atoms with Gasteiger partial charge < -0.3 is 11.1 Å². The summed E-state index contributed by atoms with van der Waals surface area (Å²) in [6.07, 6.45) is 2.91. The molecule has 0 amide bonds. The number of nitrogens with two attached hydrogens (primary N) is 1. The maximum atomic E-state index is 5.37. The predicted octanol–water partition coefficient (Wildman–Crippen LogP) is 0.828. The first-order valence-corrected chi connectivity index (χ1v) is 4.65. The first-order chi connectivity index (χ1) is 6.33. The third kappa shape index (κ3) is 4.01. The second-order valence-electron chi connectivity index (χ2n) is 3.15. The average Bonchev–Trinajstić information content (AvgIpc) is 2.15. The zero-order chi connectivity index (χ0) is 9.52. The summed E-state index contributed by atoms with van der Waals surface area (Å²) in [5.41, 5.74) is 7.66. The van der Waals surface area contributed by atoms with Crippen LogP contribution in [0.1, 0.15) is 17.7 Å². The van der Waals surface area contributed by atoms with Crippen LogP contribution in [0.15, 0.2) is 18.3 Å². The van der Waals surface area contributed by atoms with Crippen molar-refractivity contribution < 1.29 is 0 Å². The van der Waals surface area contributed by atoms with Crippen LogP contribution in [0.25, 0.3) is 0 Å². The Bertz CT molecular complexity index is 230. The Morgan fingerprint density at radius 2 is 2.31 bits per heavy atom. The van der Waals surface area contributed by atoms with E-state index < -0.39 is 0 Å². The fourth-order valence-electron chi connectivity index (χ4n) is 1.05. The van der Waals surface area contributed by atoms with Gasteiger partial charge in [-0.3, -0.25) is 4.98 Å². The van der Waals surface area contributed by atoms with E-state index in [9.17, 15) is 0 Å². The summed E-state index contributed by atoms with van der Waals surface area (Å²) < 4.78 is 0. The summed E-state index contributed by atoms with van der Waals surface area (Å²) in [4.78, 5) is 4.28. The summed E-state index contributed by atoms with van der Waals surface area (Å²) >= 11 is 0. The summed E-state index contributed by atoms with van der Waals surface area (Å²) in [5.74, 6) is 0. The quantitative estimate of drug-likeness (QED) is 0.658. The maximum Gasteiger partial charge on any atom is 0.0541 e. The minimum Gasteiger partial charge on any atom is -0.330 e. The maximum absolute atomic E-state index is 5.37. The third-order valence-corrected chi connectivity index (χ3v) is 1.84. The molecule has 1 heterocycles. The zero-order valence-corrected chi connectivity index (χ0v) is 8.09. The highest BCUT2D eigenvalue weighted by atomic mass is 14.9. The van der Waals surface area contributed by atoms with Crippen molar-refractivity contribution in [2.75, 3.05) is 13.1 Å². The molecule has 3 heteroatoms. The van der Waals surface area contributed by atoms with Gasteiger partial charge in [-0.05, 0) is 38.1 Å². The highest BCUT2D eigenvalue weighted by molar-refractivity contribution is 5.11. The van der Waals surface area contributed by atoms with Gasteiger partial charge in [0.05, 0.1) is 5.69 Å². The molecule has 1 aromatic heterocycles. The predicted molar refractivity (Wildman–Crippen MR) is 54.4 cm³/mol. The monoisotopic (exact) mass is 179 g/mol. The van der Waals surface area contributed by atoms with Gasteiger partial charge in [-0.1, -0.05) is 6.07 Å². The van der Waals surface area contributed by atoms with Gasteiger partial charge >= 0.3 is 0 Å². The minimum atomic E-state index is 0.744. The van der Waals surface area contributed by atoms with Gasteiger partial charge in [0.2, 0.25) is 0 Å². The Kier molecular flexibility index (Phi) is 4.43. The molecule has 0 radical (unpaired) electrons. The van der Waals surface area contributed by atoms with E-state index >= 15 is 0 Å². The Hall–Kier alpha value is -0.930. The number of aryl methyl sites for hydroxylation is 1. The van der Waals surface area contributed by atoms with Crippen LogP contribution in [0.3, 0.4) is 0 Å². The van der Waals surface area contributed by atoms with E-state index in [1.165, 1.54) is 5.56 Å².